The van der Waals surface area contributed by atoms with Crippen molar-refractivity contribution in [3.05, 3.63) is 47.7 Å². The third-order valence-electron chi connectivity index (χ3n) is 3.47. The van der Waals surface area contributed by atoms with Gasteiger partial charge in [0.25, 0.3) is 0 Å². The molecule has 112 valence electrons. The highest BCUT2D eigenvalue weighted by molar-refractivity contribution is 5.71. The number of anilines is 1. The first-order chi connectivity index (χ1) is 10.3. The molecule has 1 aliphatic rings. The number of rotatable bonds is 2. The van der Waals surface area contributed by atoms with E-state index < -0.39 is 0 Å². The fourth-order valence-electron chi connectivity index (χ4n) is 2.54. The normalized spacial score (nSPS) is 12.9. The number of fused-ring (bicyclic) bond motifs is 1. The summed E-state index contributed by atoms with van der Waals surface area (Å²) in [6.07, 6.45) is 4.21. The standard InChI is InChI=1S/C15H17N3.C3H8/c1-16-15-9-11(5-8-18-15)13-4-2-3-12-10-17-7-6-14(12)13;1-3-2/h2-5,8-9,17H,6-7,10H2,1H3,(H,16,18);3H2,1-2H3. The van der Waals surface area contributed by atoms with Gasteiger partial charge in [0.2, 0.25) is 0 Å². The summed E-state index contributed by atoms with van der Waals surface area (Å²) in [6.45, 7) is 6.29. The average molecular weight is 283 g/mol. The number of pyridine rings is 1. The fourth-order valence-corrected chi connectivity index (χ4v) is 2.54. The summed E-state index contributed by atoms with van der Waals surface area (Å²) in [7, 11) is 1.90. The van der Waals surface area contributed by atoms with Gasteiger partial charge in [-0.2, -0.15) is 0 Å². The van der Waals surface area contributed by atoms with E-state index >= 15 is 0 Å². The largest absolute Gasteiger partial charge is 0.373 e. The molecule has 0 bridgehead atoms. The van der Waals surface area contributed by atoms with Crippen molar-refractivity contribution in [2.24, 2.45) is 0 Å². The van der Waals surface area contributed by atoms with Crippen LogP contribution in [0.4, 0.5) is 5.82 Å². The third kappa shape index (κ3) is 3.82. The van der Waals surface area contributed by atoms with Crippen LogP contribution in [0.5, 0.6) is 0 Å². The Morgan fingerprint density at radius 2 is 2.05 bits per heavy atom. The van der Waals surface area contributed by atoms with Gasteiger partial charge >= 0.3 is 0 Å². The number of nitrogens with one attached hydrogen (secondary N) is 2. The van der Waals surface area contributed by atoms with E-state index in [9.17, 15) is 0 Å². The lowest BCUT2D eigenvalue weighted by Crippen LogP contribution is -2.24. The summed E-state index contributed by atoms with van der Waals surface area (Å²) in [6, 6.07) is 10.8. The van der Waals surface area contributed by atoms with Gasteiger partial charge < -0.3 is 10.6 Å². The lowest BCUT2D eigenvalue weighted by Gasteiger charge is -2.20. The van der Waals surface area contributed by atoms with Crippen LogP contribution >= 0.6 is 0 Å². The molecule has 0 unspecified atom stereocenters. The zero-order valence-corrected chi connectivity index (χ0v) is 13.2. The molecule has 0 fully saturated rings. The Balaban J connectivity index is 0.000000497. The Bertz CT molecular complexity index is 578. The first-order valence-electron chi connectivity index (χ1n) is 7.75. The van der Waals surface area contributed by atoms with Crippen molar-refractivity contribution in [3.8, 4) is 11.1 Å². The van der Waals surface area contributed by atoms with E-state index in [2.05, 4.69) is 59.8 Å². The lowest BCUT2D eigenvalue weighted by atomic mass is 9.92. The summed E-state index contributed by atoms with van der Waals surface area (Å²) in [4.78, 5) is 4.27. The predicted molar refractivity (Wildman–Crippen MR) is 90.6 cm³/mol. The Labute approximate surface area is 127 Å². The number of hydrogen-bond donors (Lipinski definition) is 2. The predicted octanol–water partition coefficient (Wildman–Crippen LogP) is 3.85. The monoisotopic (exact) mass is 283 g/mol. The maximum Gasteiger partial charge on any atom is 0.126 e. The Hall–Kier alpha value is -1.87. The molecule has 2 heterocycles. The van der Waals surface area contributed by atoms with Gasteiger partial charge in [-0.25, -0.2) is 4.98 Å². The number of aromatic nitrogens is 1. The average Bonchev–Trinajstić information content (AvgIpc) is 2.55. The molecule has 21 heavy (non-hydrogen) atoms. The third-order valence-corrected chi connectivity index (χ3v) is 3.47. The van der Waals surface area contributed by atoms with Crippen LogP contribution in [0.2, 0.25) is 0 Å². The first kappa shape index (κ1) is 15.5. The minimum atomic E-state index is 0.916. The highest BCUT2D eigenvalue weighted by Crippen LogP contribution is 2.29. The van der Waals surface area contributed by atoms with Crippen molar-refractivity contribution >= 4 is 5.82 Å². The minimum absolute atomic E-state index is 0.916. The maximum atomic E-state index is 4.27. The second-order valence-corrected chi connectivity index (χ2v) is 5.26. The van der Waals surface area contributed by atoms with Crippen molar-refractivity contribution in [2.45, 2.75) is 33.2 Å². The van der Waals surface area contributed by atoms with E-state index in [0.717, 1.165) is 25.3 Å². The molecule has 0 saturated heterocycles. The first-order valence-corrected chi connectivity index (χ1v) is 7.75. The lowest BCUT2D eigenvalue weighted by molar-refractivity contribution is 0.645. The van der Waals surface area contributed by atoms with Crippen molar-refractivity contribution in [1.29, 1.82) is 0 Å². The van der Waals surface area contributed by atoms with E-state index in [-0.39, 0.29) is 0 Å². The highest BCUT2D eigenvalue weighted by Gasteiger charge is 2.13. The fraction of sp³-hybridized carbons (Fsp3) is 0.389. The van der Waals surface area contributed by atoms with Gasteiger partial charge in [0.15, 0.2) is 0 Å². The van der Waals surface area contributed by atoms with Crippen molar-refractivity contribution < 1.29 is 0 Å². The molecular weight excluding hydrogens is 258 g/mol. The molecule has 0 spiro atoms. The van der Waals surface area contributed by atoms with Gasteiger partial charge in [0.1, 0.15) is 5.82 Å². The summed E-state index contributed by atoms with van der Waals surface area (Å²) in [5.74, 6) is 0.916. The minimum Gasteiger partial charge on any atom is -0.373 e. The van der Waals surface area contributed by atoms with Crippen LogP contribution in [-0.2, 0) is 13.0 Å². The van der Waals surface area contributed by atoms with E-state index in [1.54, 1.807) is 0 Å². The molecule has 2 N–H and O–H groups in total. The molecule has 3 nitrogen and oxygen atoms in total. The van der Waals surface area contributed by atoms with E-state index in [1.165, 1.54) is 28.7 Å². The van der Waals surface area contributed by atoms with Crippen LogP contribution in [0.3, 0.4) is 0 Å². The second kappa shape index (κ2) is 7.79. The smallest absolute Gasteiger partial charge is 0.126 e. The van der Waals surface area contributed by atoms with Crippen LogP contribution in [-0.4, -0.2) is 18.6 Å². The molecule has 0 aliphatic carbocycles. The number of nitrogens with zero attached hydrogens (tertiary/aromatic N) is 1. The van der Waals surface area contributed by atoms with Gasteiger partial charge in [-0.05, 0) is 47.4 Å². The van der Waals surface area contributed by atoms with Crippen molar-refractivity contribution in [1.82, 2.24) is 10.3 Å². The summed E-state index contributed by atoms with van der Waals surface area (Å²) < 4.78 is 0. The second-order valence-electron chi connectivity index (χ2n) is 5.26. The maximum absolute atomic E-state index is 4.27. The summed E-state index contributed by atoms with van der Waals surface area (Å²) >= 11 is 0. The zero-order valence-electron chi connectivity index (χ0n) is 13.2. The number of hydrogen-bond acceptors (Lipinski definition) is 3. The van der Waals surface area contributed by atoms with Crippen LogP contribution in [0.15, 0.2) is 36.5 Å². The SMILES string of the molecule is CCC.CNc1cc(-c2cccc3c2CCNC3)ccn1. The number of benzene rings is 1. The highest BCUT2D eigenvalue weighted by atomic mass is 14.9. The molecule has 0 amide bonds. The van der Waals surface area contributed by atoms with Gasteiger partial charge in [-0.1, -0.05) is 38.5 Å². The topological polar surface area (TPSA) is 37.0 Å². The van der Waals surface area contributed by atoms with Crippen LogP contribution in [0, 0.1) is 0 Å². The van der Waals surface area contributed by atoms with Gasteiger partial charge in [0.05, 0.1) is 0 Å². The molecule has 0 saturated carbocycles. The van der Waals surface area contributed by atoms with E-state index in [0.29, 0.717) is 0 Å². The molecule has 1 aliphatic heterocycles. The summed E-state index contributed by atoms with van der Waals surface area (Å²) in [5.41, 5.74) is 5.48. The molecule has 0 atom stereocenters. The van der Waals surface area contributed by atoms with Gasteiger partial charge in [-0.15, -0.1) is 0 Å². The van der Waals surface area contributed by atoms with E-state index in [4.69, 9.17) is 0 Å². The molecule has 1 aromatic heterocycles. The Morgan fingerprint density at radius 3 is 2.81 bits per heavy atom. The zero-order chi connectivity index (χ0) is 15.1. The molecule has 3 heteroatoms. The Kier molecular flexibility index (Phi) is 5.76. The van der Waals surface area contributed by atoms with E-state index in [1.807, 2.05) is 13.2 Å². The van der Waals surface area contributed by atoms with Gasteiger partial charge in [0, 0.05) is 19.8 Å². The van der Waals surface area contributed by atoms with Crippen molar-refractivity contribution in [3.63, 3.8) is 0 Å². The molecular formula is C18H25N3. The summed E-state index contributed by atoms with van der Waals surface area (Å²) in [5, 5.41) is 6.51. The quantitative estimate of drug-likeness (QED) is 0.879. The molecule has 2 aromatic rings. The molecule has 3 rings (SSSR count). The Morgan fingerprint density at radius 1 is 1.24 bits per heavy atom. The molecule has 0 radical (unpaired) electrons. The van der Waals surface area contributed by atoms with Gasteiger partial charge in [-0.3, -0.25) is 0 Å². The van der Waals surface area contributed by atoms with Crippen molar-refractivity contribution in [2.75, 3.05) is 18.9 Å². The van der Waals surface area contributed by atoms with Crippen LogP contribution < -0.4 is 10.6 Å². The molecule has 1 aromatic carbocycles. The van der Waals surface area contributed by atoms with Crippen LogP contribution in [0.25, 0.3) is 11.1 Å². The van der Waals surface area contributed by atoms with Crippen LogP contribution in [0.1, 0.15) is 31.4 Å².